The van der Waals surface area contributed by atoms with Crippen molar-refractivity contribution in [3.63, 3.8) is 0 Å². The molecule has 0 unspecified atom stereocenters. The van der Waals surface area contributed by atoms with Gasteiger partial charge in [-0.25, -0.2) is 4.99 Å². The van der Waals surface area contributed by atoms with Gasteiger partial charge in [-0.1, -0.05) is 61.4 Å². The van der Waals surface area contributed by atoms with E-state index in [1.165, 1.54) is 17.7 Å². The van der Waals surface area contributed by atoms with Crippen LogP contribution in [0.5, 0.6) is 5.75 Å². The van der Waals surface area contributed by atoms with E-state index in [4.69, 9.17) is 4.99 Å². The van der Waals surface area contributed by atoms with Crippen LogP contribution in [0.4, 0.5) is 10.7 Å². The highest BCUT2D eigenvalue weighted by molar-refractivity contribution is 7.16. The number of phenols is 1. The first-order valence-electron chi connectivity index (χ1n) is 11.5. The number of para-hydroxylation sites is 1. The molecule has 0 radical (unpaired) electrons. The molecule has 1 aliphatic carbocycles. The van der Waals surface area contributed by atoms with E-state index in [9.17, 15) is 9.90 Å². The molecule has 0 spiro atoms. The molecule has 0 aliphatic heterocycles. The summed E-state index contributed by atoms with van der Waals surface area (Å²) in [4.78, 5) is 19.5. The van der Waals surface area contributed by atoms with Crippen molar-refractivity contribution in [1.29, 1.82) is 0 Å². The lowest BCUT2D eigenvalue weighted by Crippen LogP contribution is -2.14. The van der Waals surface area contributed by atoms with E-state index in [-0.39, 0.29) is 11.7 Å². The van der Waals surface area contributed by atoms with Crippen molar-refractivity contribution in [2.24, 2.45) is 4.99 Å². The number of aliphatic imine (C=N–C) groups is 1. The first-order chi connectivity index (χ1) is 16.2. The Morgan fingerprint density at radius 1 is 0.909 bits per heavy atom. The minimum atomic E-state index is -0.117. The molecule has 2 N–H and O–H groups in total. The lowest BCUT2D eigenvalue weighted by atomic mass is 9.96. The second kappa shape index (κ2) is 9.59. The Balaban J connectivity index is 1.58. The molecule has 1 aromatic heterocycles. The van der Waals surface area contributed by atoms with E-state index in [0.29, 0.717) is 16.1 Å². The van der Waals surface area contributed by atoms with Crippen LogP contribution in [0.3, 0.4) is 0 Å². The Hall–Kier alpha value is -3.44. The fraction of sp³-hybridized carbons (Fsp3) is 0.214. The van der Waals surface area contributed by atoms with Crippen LogP contribution in [0.1, 0.15) is 52.0 Å². The van der Waals surface area contributed by atoms with Gasteiger partial charge in [0.15, 0.2) is 0 Å². The lowest BCUT2D eigenvalue weighted by Gasteiger charge is -2.12. The van der Waals surface area contributed by atoms with E-state index in [1.807, 2.05) is 60.7 Å². The van der Waals surface area contributed by atoms with Crippen molar-refractivity contribution < 1.29 is 9.90 Å². The second-order valence-electron chi connectivity index (χ2n) is 8.40. The highest BCUT2D eigenvalue weighted by Gasteiger charge is 2.24. The van der Waals surface area contributed by atoms with Crippen molar-refractivity contribution in [1.82, 2.24) is 0 Å². The van der Waals surface area contributed by atoms with Gasteiger partial charge in [0.1, 0.15) is 10.8 Å². The number of benzene rings is 3. The van der Waals surface area contributed by atoms with Gasteiger partial charge in [0.05, 0.1) is 5.56 Å². The molecule has 0 fully saturated rings. The Morgan fingerprint density at radius 3 is 2.52 bits per heavy atom. The van der Waals surface area contributed by atoms with Gasteiger partial charge in [-0.15, -0.1) is 11.3 Å². The van der Waals surface area contributed by atoms with Gasteiger partial charge < -0.3 is 10.4 Å². The maximum Gasteiger partial charge on any atom is 0.259 e. The summed E-state index contributed by atoms with van der Waals surface area (Å²) < 4.78 is 0. The Morgan fingerprint density at radius 2 is 1.67 bits per heavy atom. The molecule has 1 amide bonds. The molecule has 0 bridgehead atoms. The van der Waals surface area contributed by atoms with Crippen LogP contribution in [0, 0.1) is 0 Å². The predicted octanol–water partition coefficient (Wildman–Crippen LogP) is 7.27. The molecule has 166 valence electrons. The SMILES string of the molecule is O=C(Nc1ccccc1)c1c(N=Cc2c(O)ccc3ccccc23)sc2c1CCCCCC2. The molecular weight excluding hydrogens is 428 g/mol. The molecule has 4 aromatic rings. The van der Waals surface area contributed by atoms with Crippen LogP contribution < -0.4 is 5.32 Å². The Kier molecular flexibility index (Phi) is 6.22. The summed E-state index contributed by atoms with van der Waals surface area (Å²) in [6.45, 7) is 0. The van der Waals surface area contributed by atoms with Crippen molar-refractivity contribution in [3.05, 3.63) is 88.3 Å². The van der Waals surface area contributed by atoms with Crippen molar-refractivity contribution in [2.45, 2.75) is 38.5 Å². The quantitative estimate of drug-likeness (QED) is 0.319. The largest absolute Gasteiger partial charge is 0.507 e. The number of fused-ring (bicyclic) bond motifs is 2. The average molecular weight is 455 g/mol. The van der Waals surface area contributed by atoms with Crippen LogP contribution in [-0.4, -0.2) is 17.2 Å². The maximum absolute atomic E-state index is 13.4. The van der Waals surface area contributed by atoms with E-state index < -0.39 is 0 Å². The Labute approximate surface area is 197 Å². The number of rotatable bonds is 4. The number of nitrogens with one attached hydrogen (secondary N) is 1. The maximum atomic E-state index is 13.4. The summed E-state index contributed by atoms with van der Waals surface area (Å²) in [6, 6.07) is 21.1. The molecular formula is C28H26N2O2S. The number of carbonyl (C=O) groups excluding carboxylic acids is 1. The number of aryl methyl sites for hydroxylation is 1. The van der Waals surface area contributed by atoms with Crippen LogP contribution in [0.25, 0.3) is 10.8 Å². The number of thiophene rings is 1. The smallest absolute Gasteiger partial charge is 0.259 e. The Bertz CT molecular complexity index is 1320. The highest BCUT2D eigenvalue weighted by atomic mass is 32.1. The summed E-state index contributed by atoms with van der Waals surface area (Å²) in [5, 5.41) is 16.3. The van der Waals surface area contributed by atoms with Gasteiger partial charge in [-0.05, 0) is 60.2 Å². The topological polar surface area (TPSA) is 61.7 Å². The van der Waals surface area contributed by atoms with Crippen molar-refractivity contribution >= 4 is 44.9 Å². The van der Waals surface area contributed by atoms with E-state index >= 15 is 0 Å². The number of aromatic hydroxyl groups is 1. The molecule has 0 saturated carbocycles. The van der Waals surface area contributed by atoms with Crippen LogP contribution in [0.2, 0.25) is 0 Å². The molecule has 0 saturated heterocycles. The zero-order chi connectivity index (χ0) is 22.6. The number of anilines is 1. The molecule has 33 heavy (non-hydrogen) atoms. The first-order valence-corrected chi connectivity index (χ1v) is 12.3. The number of phenolic OH excluding ortho intramolecular Hbond substituents is 1. The number of hydrogen-bond donors (Lipinski definition) is 2. The fourth-order valence-corrected chi connectivity index (χ4v) is 5.72. The van der Waals surface area contributed by atoms with Crippen LogP contribution in [-0.2, 0) is 12.8 Å². The standard InChI is InChI=1S/C28H26N2O2S/c31-24-17-16-19-10-8-9-13-21(19)23(24)18-29-28-26(27(32)30-20-11-4-3-5-12-20)22-14-6-1-2-7-15-25(22)33-28/h3-5,8-13,16-18,31H,1-2,6-7,14-15H2,(H,30,32). The van der Waals surface area contributed by atoms with Gasteiger partial charge in [-0.2, -0.15) is 0 Å². The lowest BCUT2D eigenvalue weighted by molar-refractivity contribution is 0.102. The number of hydrogen-bond acceptors (Lipinski definition) is 4. The van der Waals surface area contributed by atoms with E-state index in [0.717, 1.165) is 47.7 Å². The van der Waals surface area contributed by atoms with Crippen LogP contribution >= 0.6 is 11.3 Å². The van der Waals surface area contributed by atoms with Gasteiger partial charge in [0.25, 0.3) is 5.91 Å². The zero-order valence-corrected chi connectivity index (χ0v) is 19.2. The zero-order valence-electron chi connectivity index (χ0n) is 18.4. The molecule has 1 aliphatic rings. The number of amides is 1. The molecule has 1 heterocycles. The van der Waals surface area contributed by atoms with Crippen molar-refractivity contribution in [3.8, 4) is 5.75 Å². The third-order valence-electron chi connectivity index (χ3n) is 6.17. The second-order valence-corrected chi connectivity index (χ2v) is 9.48. The van der Waals surface area contributed by atoms with E-state index in [1.54, 1.807) is 23.6 Å². The third kappa shape index (κ3) is 4.55. The van der Waals surface area contributed by atoms with Gasteiger partial charge >= 0.3 is 0 Å². The average Bonchev–Trinajstić information content (AvgIpc) is 3.15. The minimum absolute atomic E-state index is 0.117. The summed E-state index contributed by atoms with van der Waals surface area (Å²) in [6.07, 6.45) is 8.24. The molecule has 5 heteroatoms. The van der Waals surface area contributed by atoms with Gasteiger partial charge in [0.2, 0.25) is 0 Å². The van der Waals surface area contributed by atoms with Crippen LogP contribution in [0.15, 0.2) is 71.7 Å². The summed E-state index contributed by atoms with van der Waals surface area (Å²) >= 11 is 1.61. The summed E-state index contributed by atoms with van der Waals surface area (Å²) in [5.74, 6) is 0.0659. The predicted molar refractivity (Wildman–Crippen MR) is 137 cm³/mol. The third-order valence-corrected chi connectivity index (χ3v) is 7.37. The van der Waals surface area contributed by atoms with Gasteiger partial charge in [-0.3, -0.25) is 4.79 Å². The normalized spacial score (nSPS) is 14.1. The highest BCUT2D eigenvalue weighted by Crippen LogP contribution is 2.39. The first kappa shape index (κ1) is 21.4. The number of nitrogens with zero attached hydrogens (tertiary/aromatic N) is 1. The number of carbonyl (C=O) groups is 1. The van der Waals surface area contributed by atoms with Gasteiger partial charge in [0, 0.05) is 22.3 Å². The summed E-state index contributed by atoms with van der Waals surface area (Å²) in [5.41, 5.74) is 3.26. The summed E-state index contributed by atoms with van der Waals surface area (Å²) in [7, 11) is 0. The van der Waals surface area contributed by atoms with Crippen molar-refractivity contribution in [2.75, 3.05) is 5.32 Å². The molecule has 5 rings (SSSR count). The van der Waals surface area contributed by atoms with E-state index in [2.05, 4.69) is 5.32 Å². The minimum Gasteiger partial charge on any atom is -0.507 e. The fourth-order valence-electron chi connectivity index (χ4n) is 4.49. The molecule has 0 atom stereocenters. The monoisotopic (exact) mass is 454 g/mol. The molecule has 3 aromatic carbocycles. The molecule has 4 nitrogen and oxygen atoms in total.